The molecule has 0 N–H and O–H groups in total. The Morgan fingerprint density at radius 2 is 1.65 bits per heavy atom. The lowest BCUT2D eigenvalue weighted by Gasteiger charge is -2.47. The van der Waals surface area contributed by atoms with E-state index in [-0.39, 0.29) is 22.5 Å². The van der Waals surface area contributed by atoms with Gasteiger partial charge in [0.05, 0.1) is 30.3 Å². The Kier molecular flexibility index (Phi) is 4.60. The van der Waals surface area contributed by atoms with Gasteiger partial charge in [-0.25, -0.2) is 8.42 Å². The second kappa shape index (κ2) is 5.24. The highest BCUT2D eigenvalue weighted by Gasteiger charge is 2.46. The third kappa shape index (κ3) is 3.66. The lowest BCUT2D eigenvalue weighted by Crippen LogP contribution is -2.51. The molecule has 1 fully saturated rings. The Morgan fingerprint density at radius 3 is 2.06 bits per heavy atom. The molecule has 0 spiro atoms. The first-order valence-corrected chi connectivity index (χ1v) is 7.88. The maximum atomic E-state index is 11.5. The lowest BCUT2D eigenvalue weighted by molar-refractivity contribution is -0.132. The molecule has 1 rings (SSSR count). The number of ether oxygens (including phenoxy) is 2. The van der Waals surface area contributed by atoms with Gasteiger partial charge in [0.1, 0.15) is 0 Å². The number of rotatable bonds is 4. The van der Waals surface area contributed by atoms with Crippen molar-refractivity contribution >= 4 is 9.84 Å². The predicted octanol–water partition coefficient (Wildman–Crippen LogP) is 1.64. The summed E-state index contributed by atoms with van der Waals surface area (Å²) in [7, 11) is -1.22. The van der Waals surface area contributed by atoms with Crippen LogP contribution in [0.25, 0.3) is 0 Å². The van der Waals surface area contributed by atoms with Crippen molar-refractivity contribution in [2.45, 2.75) is 39.2 Å². The molecule has 5 heteroatoms. The van der Waals surface area contributed by atoms with E-state index in [4.69, 9.17) is 9.47 Å². The maximum absolute atomic E-state index is 11.5. The summed E-state index contributed by atoms with van der Waals surface area (Å²) in [4.78, 5) is 0. The van der Waals surface area contributed by atoms with Gasteiger partial charge in [-0.15, -0.1) is 0 Å². The minimum Gasteiger partial charge on any atom is -0.382 e. The monoisotopic (exact) mass is 264 g/mol. The third-order valence-corrected chi connectivity index (χ3v) is 5.32. The molecule has 1 heterocycles. The van der Waals surface area contributed by atoms with Gasteiger partial charge in [-0.2, -0.15) is 0 Å². The summed E-state index contributed by atoms with van der Waals surface area (Å²) in [5, 5.41) is 0. The van der Waals surface area contributed by atoms with Crippen molar-refractivity contribution < 1.29 is 17.9 Å². The van der Waals surface area contributed by atoms with E-state index in [0.29, 0.717) is 26.1 Å². The van der Waals surface area contributed by atoms with Crippen LogP contribution in [0.2, 0.25) is 0 Å². The van der Waals surface area contributed by atoms with Gasteiger partial charge < -0.3 is 9.47 Å². The van der Waals surface area contributed by atoms with E-state index in [1.165, 1.54) is 0 Å². The highest BCUT2D eigenvalue weighted by atomic mass is 32.2. The molecule has 17 heavy (non-hydrogen) atoms. The highest BCUT2D eigenvalue weighted by molar-refractivity contribution is 7.91. The average Bonchev–Trinajstić information content (AvgIpc) is 2.19. The molecule has 0 aromatic carbocycles. The minimum absolute atomic E-state index is 0.0588. The smallest absolute Gasteiger partial charge is 0.150 e. The molecule has 0 atom stereocenters. The third-order valence-electron chi connectivity index (χ3n) is 3.67. The van der Waals surface area contributed by atoms with Gasteiger partial charge in [0.25, 0.3) is 0 Å². The van der Waals surface area contributed by atoms with E-state index in [2.05, 4.69) is 20.8 Å². The van der Waals surface area contributed by atoms with Gasteiger partial charge in [-0.3, -0.25) is 0 Å². The molecule has 1 aliphatic heterocycles. The summed E-state index contributed by atoms with van der Waals surface area (Å²) in [5.74, 6) is 0.467. The Morgan fingerprint density at radius 1 is 1.12 bits per heavy atom. The van der Waals surface area contributed by atoms with Gasteiger partial charge in [0.2, 0.25) is 0 Å². The van der Waals surface area contributed by atoms with Crippen molar-refractivity contribution in [1.82, 2.24) is 0 Å². The SMILES string of the molecule is COCCOC1(C(C)(C)C)CCS(=O)(=O)CC1. The molecule has 102 valence electrons. The van der Waals surface area contributed by atoms with Gasteiger partial charge in [-0.05, 0) is 18.3 Å². The van der Waals surface area contributed by atoms with Crippen LogP contribution >= 0.6 is 0 Å². The standard InChI is InChI=1S/C12H24O4S/c1-11(2,3)12(16-8-7-15-4)5-9-17(13,14)10-6-12/h5-10H2,1-4H3. The molecular formula is C12H24O4S. The number of hydrogen-bond acceptors (Lipinski definition) is 4. The fourth-order valence-electron chi connectivity index (χ4n) is 2.30. The quantitative estimate of drug-likeness (QED) is 0.724. The van der Waals surface area contributed by atoms with Crippen molar-refractivity contribution in [1.29, 1.82) is 0 Å². The fraction of sp³-hybridized carbons (Fsp3) is 1.00. The Bertz CT molecular complexity index is 326. The molecule has 0 aromatic heterocycles. The Hall–Kier alpha value is -0.130. The molecule has 1 saturated heterocycles. The fourth-order valence-corrected chi connectivity index (χ4v) is 3.78. The largest absolute Gasteiger partial charge is 0.382 e. The van der Waals surface area contributed by atoms with E-state index in [9.17, 15) is 8.42 Å². The number of methoxy groups -OCH3 is 1. The molecule has 0 aromatic rings. The second-order valence-corrected chi connectivity index (χ2v) is 8.04. The van der Waals surface area contributed by atoms with Crippen molar-refractivity contribution in [3.05, 3.63) is 0 Å². The number of hydrogen-bond donors (Lipinski definition) is 0. The summed E-state index contributed by atoms with van der Waals surface area (Å²) < 4.78 is 34.0. The minimum atomic E-state index is -2.86. The van der Waals surface area contributed by atoms with Crippen molar-refractivity contribution in [2.24, 2.45) is 5.41 Å². The van der Waals surface area contributed by atoms with Crippen LogP contribution in [0.3, 0.4) is 0 Å². The maximum Gasteiger partial charge on any atom is 0.150 e. The first-order chi connectivity index (χ1) is 7.72. The van der Waals surface area contributed by atoms with Crippen molar-refractivity contribution in [3.63, 3.8) is 0 Å². The van der Waals surface area contributed by atoms with E-state index in [1.54, 1.807) is 7.11 Å². The second-order valence-electron chi connectivity index (χ2n) is 5.74. The number of sulfone groups is 1. The molecule has 0 amide bonds. The Balaban J connectivity index is 2.75. The molecule has 0 saturated carbocycles. The van der Waals surface area contributed by atoms with E-state index >= 15 is 0 Å². The van der Waals surface area contributed by atoms with Gasteiger partial charge in [-0.1, -0.05) is 20.8 Å². The zero-order valence-electron chi connectivity index (χ0n) is 11.3. The summed E-state index contributed by atoms with van der Waals surface area (Å²) in [5.41, 5.74) is -0.395. The molecular weight excluding hydrogens is 240 g/mol. The Labute approximate surface area is 105 Å². The normalized spacial score (nSPS) is 23.5. The van der Waals surface area contributed by atoms with Crippen LogP contribution in [0.5, 0.6) is 0 Å². The van der Waals surface area contributed by atoms with Crippen LogP contribution in [0.15, 0.2) is 0 Å². The topological polar surface area (TPSA) is 52.6 Å². The van der Waals surface area contributed by atoms with Crippen molar-refractivity contribution in [2.75, 3.05) is 31.8 Å². The molecule has 4 nitrogen and oxygen atoms in total. The summed E-state index contributed by atoms with van der Waals surface area (Å²) >= 11 is 0. The summed E-state index contributed by atoms with van der Waals surface area (Å²) in [6.07, 6.45) is 1.17. The predicted molar refractivity (Wildman–Crippen MR) is 67.9 cm³/mol. The van der Waals surface area contributed by atoms with Gasteiger partial charge in [0.15, 0.2) is 9.84 Å². The lowest BCUT2D eigenvalue weighted by atomic mass is 9.72. The van der Waals surface area contributed by atoms with E-state index in [1.807, 2.05) is 0 Å². The van der Waals surface area contributed by atoms with Gasteiger partial charge in [0, 0.05) is 7.11 Å². The van der Waals surface area contributed by atoms with Crippen molar-refractivity contribution in [3.8, 4) is 0 Å². The zero-order chi connectivity index (χ0) is 13.2. The first-order valence-electron chi connectivity index (χ1n) is 6.06. The first kappa shape index (κ1) is 14.9. The molecule has 0 unspecified atom stereocenters. The molecule has 0 radical (unpaired) electrons. The van der Waals surface area contributed by atoms with E-state index in [0.717, 1.165) is 0 Å². The summed E-state index contributed by atoms with van der Waals surface area (Å²) in [6, 6.07) is 0. The van der Waals surface area contributed by atoms with Crippen LogP contribution in [-0.4, -0.2) is 45.8 Å². The zero-order valence-corrected chi connectivity index (χ0v) is 12.1. The van der Waals surface area contributed by atoms with Crippen LogP contribution in [0.1, 0.15) is 33.6 Å². The van der Waals surface area contributed by atoms with Crippen LogP contribution in [-0.2, 0) is 19.3 Å². The van der Waals surface area contributed by atoms with Crippen LogP contribution < -0.4 is 0 Å². The van der Waals surface area contributed by atoms with Crippen LogP contribution in [0, 0.1) is 5.41 Å². The molecule has 0 aliphatic carbocycles. The average molecular weight is 264 g/mol. The molecule has 0 bridgehead atoms. The highest BCUT2D eigenvalue weighted by Crippen LogP contribution is 2.42. The van der Waals surface area contributed by atoms with Gasteiger partial charge >= 0.3 is 0 Å². The summed E-state index contributed by atoms with van der Waals surface area (Å²) in [6.45, 7) is 7.39. The van der Waals surface area contributed by atoms with Crippen LogP contribution in [0.4, 0.5) is 0 Å². The van der Waals surface area contributed by atoms with E-state index < -0.39 is 9.84 Å². The molecule has 1 aliphatic rings.